The van der Waals surface area contributed by atoms with Gasteiger partial charge in [-0.1, -0.05) is 77.1 Å². The first-order valence-electron chi connectivity index (χ1n) is 9.01. The summed E-state index contributed by atoms with van der Waals surface area (Å²) in [7, 11) is 0. The number of aliphatic carboxylic acids is 2. The van der Waals surface area contributed by atoms with Crippen LogP contribution in [0.5, 0.6) is 0 Å². The SMILES string of the molecule is CCCCCCCCCCCCCC#CC(CC(=O)O)C(=O)O. The van der Waals surface area contributed by atoms with Crippen molar-refractivity contribution >= 4 is 11.9 Å². The quantitative estimate of drug-likeness (QED) is 0.353. The molecule has 1 atom stereocenters. The molecule has 0 aromatic rings. The van der Waals surface area contributed by atoms with E-state index in [1.54, 1.807) is 0 Å². The molecular weight excluding hydrogens is 292 g/mol. The maximum atomic E-state index is 10.8. The lowest BCUT2D eigenvalue weighted by molar-refractivity contribution is -0.146. The summed E-state index contributed by atoms with van der Waals surface area (Å²) in [5, 5.41) is 17.5. The molecule has 0 bridgehead atoms. The third-order valence-electron chi connectivity index (χ3n) is 3.86. The summed E-state index contributed by atoms with van der Waals surface area (Å²) in [6.07, 6.45) is 14.1. The Morgan fingerprint density at radius 2 is 1.30 bits per heavy atom. The lowest BCUT2D eigenvalue weighted by atomic mass is 10.0. The van der Waals surface area contributed by atoms with Crippen LogP contribution >= 0.6 is 0 Å². The molecule has 4 nitrogen and oxygen atoms in total. The standard InChI is InChI=1S/C19H32O4/c1-2-3-4-5-6-7-8-9-10-11-12-13-14-15-17(19(22)23)16-18(20)21/h17H,2-13,16H2,1H3,(H,20,21)(H,22,23). The van der Waals surface area contributed by atoms with Gasteiger partial charge in [0.05, 0.1) is 6.42 Å². The fraction of sp³-hybridized carbons (Fsp3) is 0.789. The molecule has 0 aromatic carbocycles. The first-order valence-corrected chi connectivity index (χ1v) is 9.01. The Morgan fingerprint density at radius 1 is 0.826 bits per heavy atom. The molecule has 4 heteroatoms. The molecule has 1 unspecified atom stereocenters. The van der Waals surface area contributed by atoms with Gasteiger partial charge in [-0.05, 0) is 6.42 Å². The summed E-state index contributed by atoms with van der Waals surface area (Å²) in [5.41, 5.74) is 0. The third kappa shape index (κ3) is 15.2. The maximum absolute atomic E-state index is 10.8. The third-order valence-corrected chi connectivity index (χ3v) is 3.86. The highest BCUT2D eigenvalue weighted by atomic mass is 16.4. The van der Waals surface area contributed by atoms with Gasteiger partial charge in [-0.3, -0.25) is 9.59 Å². The van der Waals surface area contributed by atoms with Crippen molar-refractivity contribution in [2.24, 2.45) is 5.92 Å². The number of unbranched alkanes of at least 4 members (excludes halogenated alkanes) is 11. The van der Waals surface area contributed by atoms with E-state index in [0.29, 0.717) is 6.42 Å². The van der Waals surface area contributed by atoms with E-state index in [2.05, 4.69) is 18.8 Å². The Morgan fingerprint density at radius 3 is 1.74 bits per heavy atom. The second-order valence-corrected chi connectivity index (χ2v) is 6.10. The van der Waals surface area contributed by atoms with Crippen molar-refractivity contribution in [3.05, 3.63) is 0 Å². The minimum absolute atomic E-state index is 0.430. The van der Waals surface area contributed by atoms with Crippen molar-refractivity contribution in [2.75, 3.05) is 0 Å². The summed E-state index contributed by atoms with van der Waals surface area (Å²) in [6, 6.07) is 0. The largest absolute Gasteiger partial charge is 0.481 e. The molecule has 0 amide bonds. The summed E-state index contributed by atoms with van der Waals surface area (Å²) >= 11 is 0. The predicted octanol–water partition coefficient (Wildman–Crippen LogP) is 4.87. The highest BCUT2D eigenvalue weighted by molar-refractivity contribution is 5.80. The van der Waals surface area contributed by atoms with Gasteiger partial charge in [0.25, 0.3) is 0 Å². The normalized spacial score (nSPS) is 11.5. The van der Waals surface area contributed by atoms with Gasteiger partial charge in [-0.2, -0.15) is 0 Å². The van der Waals surface area contributed by atoms with Gasteiger partial charge in [-0.25, -0.2) is 0 Å². The maximum Gasteiger partial charge on any atom is 0.319 e. The number of carboxylic acid groups (broad SMARTS) is 2. The fourth-order valence-corrected chi connectivity index (χ4v) is 2.45. The van der Waals surface area contributed by atoms with E-state index in [9.17, 15) is 9.59 Å². The van der Waals surface area contributed by atoms with Crippen LogP contribution in [-0.2, 0) is 9.59 Å². The topological polar surface area (TPSA) is 74.6 Å². The van der Waals surface area contributed by atoms with E-state index in [4.69, 9.17) is 10.2 Å². The van der Waals surface area contributed by atoms with Gasteiger partial charge in [-0.15, -0.1) is 5.92 Å². The lowest BCUT2D eigenvalue weighted by Crippen LogP contribution is -2.15. The monoisotopic (exact) mass is 324 g/mol. The number of carboxylic acids is 2. The van der Waals surface area contributed by atoms with Gasteiger partial charge in [0, 0.05) is 6.42 Å². The summed E-state index contributed by atoms with van der Waals surface area (Å²) in [5.74, 6) is 2.00. The van der Waals surface area contributed by atoms with Crippen LogP contribution in [0.4, 0.5) is 0 Å². The van der Waals surface area contributed by atoms with Crippen molar-refractivity contribution in [3.63, 3.8) is 0 Å². The Bertz CT molecular complexity index is 379. The van der Waals surface area contributed by atoms with Crippen LogP contribution in [0.3, 0.4) is 0 Å². The van der Waals surface area contributed by atoms with E-state index in [1.165, 1.54) is 57.8 Å². The molecule has 0 aliphatic heterocycles. The molecule has 0 rings (SSSR count). The van der Waals surface area contributed by atoms with E-state index >= 15 is 0 Å². The molecule has 0 spiro atoms. The zero-order valence-corrected chi connectivity index (χ0v) is 14.5. The second-order valence-electron chi connectivity index (χ2n) is 6.10. The van der Waals surface area contributed by atoms with Crippen molar-refractivity contribution < 1.29 is 19.8 Å². The lowest BCUT2D eigenvalue weighted by Gasteiger charge is -2.02. The van der Waals surface area contributed by atoms with Crippen molar-refractivity contribution in [1.29, 1.82) is 0 Å². The predicted molar refractivity (Wildman–Crippen MR) is 92.2 cm³/mol. The fourth-order valence-electron chi connectivity index (χ4n) is 2.45. The highest BCUT2D eigenvalue weighted by Crippen LogP contribution is 2.11. The first-order chi connectivity index (χ1) is 11.1. The number of rotatable bonds is 14. The summed E-state index contributed by atoms with van der Waals surface area (Å²) in [4.78, 5) is 21.3. The molecule has 0 radical (unpaired) electrons. The van der Waals surface area contributed by atoms with Crippen LogP contribution in [0.25, 0.3) is 0 Å². The smallest absolute Gasteiger partial charge is 0.319 e. The van der Waals surface area contributed by atoms with Gasteiger partial charge < -0.3 is 10.2 Å². The Hall–Kier alpha value is -1.50. The molecule has 0 aliphatic carbocycles. The second kappa shape index (κ2) is 15.4. The van der Waals surface area contributed by atoms with Crippen LogP contribution in [0, 0.1) is 17.8 Å². The minimum Gasteiger partial charge on any atom is -0.481 e. The molecular formula is C19H32O4. The zero-order chi connectivity index (χ0) is 17.3. The van der Waals surface area contributed by atoms with E-state index < -0.39 is 24.3 Å². The Labute approximate surface area is 140 Å². The van der Waals surface area contributed by atoms with Crippen LogP contribution in [0.2, 0.25) is 0 Å². The average molecular weight is 324 g/mol. The van der Waals surface area contributed by atoms with Crippen molar-refractivity contribution in [3.8, 4) is 11.8 Å². The molecule has 23 heavy (non-hydrogen) atoms. The number of hydrogen-bond acceptors (Lipinski definition) is 2. The van der Waals surface area contributed by atoms with Crippen LogP contribution < -0.4 is 0 Å². The van der Waals surface area contributed by atoms with E-state index in [0.717, 1.165) is 12.8 Å². The Kier molecular flexibility index (Phi) is 14.4. The van der Waals surface area contributed by atoms with Gasteiger partial charge in [0.1, 0.15) is 5.92 Å². The summed E-state index contributed by atoms with van der Waals surface area (Å²) < 4.78 is 0. The van der Waals surface area contributed by atoms with Crippen LogP contribution in [0.15, 0.2) is 0 Å². The zero-order valence-electron chi connectivity index (χ0n) is 14.5. The molecule has 0 aromatic heterocycles. The van der Waals surface area contributed by atoms with Gasteiger partial charge in [0.15, 0.2) is 0 Å². The summed E-state index contributed by atoms with van der Waals surface area (Å²) in [6.45, 7) is 2.23. The highest BCUT2D eigenvalue weighted by Gasteiger charge is 2.17. The van der Waals surface area contributed by atoms with Crippen molar-refractivity contribution in [2.45, 2.75) is 90.4 Å². The number of carbonyl (C=O) groups is 2. The van der Waals surface area contributed by atoms with Gasteiger partial charge in [0.2, 0.25) is 0 Å². The molecule has 2 N–H and O–H groups in total. The number of hydrogen-bond donors (Lipinski definition) is 2. The van der Waals surface area contributed by atoms with Gasteiger partial charge >= 0.3 is 11.9 Å². The molecule has 0 fully saturated rings. The van der Waals surface area contributed by atoms with Crippen molar-refractivity contribution in [1.82, 2.24) is 0 Å². The van der Waals surface area contributed by atoms with Crippen LogP contribution in [0.1, 0.15) is 90.4 Å². The van der Waals surface area contributed by atoms with E-state index in [1.807, 2.05) is 0 Å². The molecule has 0 aliphatic rings. The Balaban J connectivity index is 3.50. The molecule has 132 valence electrons. The average Bonchev–Trinajstić information content (AvgIpc) is 2.50. The molecule has 0 saturated heterocycles. The first kappa shape index (κ1) is 21.5. The molecule has 0 saturated carbocycles. The minimum atomic E-state index is -1.15. The molecule has 0 heterocycles. The van der Waals surface area contributed by atoms with E-state index in [-0.39, 0.29) is 0 Å². The van der Waals surface area contributed by atoms with Crippen LogP contribution in [-0.4, -0.2) is 22.2 Å².